The Kier molecular flexibility index (Phi) is 5.82. The molecule has 0 aromatic heterocycles. The molecular weight excluding hydrogens is 280 g/mol. The average molecular weight is 300 g/mol. The number of urea groups is 1. The maximum atomic E-state index is 11.9. The zero-order valence-electron chi connectivity index (χ0n) is 11.8. The fraction of sp³-hybridized carbons (Fsp3) is 0.462. The van der Waals surface area contributed by atoms with Gasteiger partial charge < -0.3 is 10.1 Å². The van der Waals surface area contributed by atoms with Crippen LogP contribution in [0, 0.1) is 5.92 Å². The molecule has 2 amide bonds. The van der Waals surface area contributed by atoms with Gasteiger partial charge in [-0.25, -0.2) is 17.9 Å². The van der Waals surface area contributed by atoms with Crippen LogP contribution in [0.2, 0.25) is 0 Å². The van der Waals surface area contributed by atoms with E-state index in [1.807, 2.05) is 18.6 Å². The number of sulfonamides is 1. The Morgan fingerprint density at radius 1 is 1.25 bits per heavy atom. The molecule has 0 radical (unpaired) electrons. The fourth-order valence-corrected chi connectivity index (χ4v) is 2.37. The Labute approximate surface area is 119 Å². The van der Waals surface area contributed by atoms with E-state index in [0.29, 0.717) is 18.2 Å². The highest BCUT2D eigenvalue weighted by atomic mass is 32.2. The number of benzene rings is 1. The molecule has 1 rings (SSSR count). The van der Waals surface area contributed by atoms with Crippen LogP contribution < -0.4 is 14.8 Å². The Morgan fingerprint density at radius 3 is 2.35 bits per heavy atom. The molecule has 0 bridgehead atoms. The highest BCUT2D eigenvalue weighted by molar-refractivity contribution is 7.90. The molecule has 2 N–H and O–H groups in total. The van der Waals surface area contributed by atoms with E-state index in [9.17, 15) is 13.2 Å². The minimum absolute atomic E-state index is 0.0114. The van der Waals surface area contributed by atoms with Crippen molar-refractivity contribution in [2.75, 3.05) is 13.7 Å². The van der Waals surface area contributed by atoms with Crippen molar-refractivity contribution in [3.8, 4) is 5.75 Å². The third-order valence-corrected chi connectivity index (χ3v) is 3.95. The molecule has 112 valence electrons. The smallest absolute Gasteiger partial charge is 0.328 e. The van der Waals surface area contributed by atoms with Crippen LogP contribution in [-0.4, -0.2) is 28.1 Å². The van der Waals surface area contributed by atoms with E-state index in [-0.39, 0.29) is 4.90 Å². The third kappa shape index (κ3) is 5.08. The number of hydrogen-bond donors (Lipinski definition) is 2. The Balaban J connectivity index is 2.62. The zero-order valence-corrected chi connectivity index (χ0v) is 12.7. The van der Waals surface area contributed by atoms with Crippen molar-refractivity contribution < 1.29 is 17.9 Å². The Bertz CT molecular complexity index is 538. The molecule has 0 fully saturated rings. The molecule has 0 aliphatic carbocycles. The van der Waals surface area contributed by atoms with E-state index in [4.69, 9.17) is 4.74 Å². The summed E-state index contributed by atoms with van der Waals surface area (Å²) in [6.45, 7) is 4.48. The minimum atomic E-state index is -3.85. The van der Waals surface area contributed by atoms with Gasteiger partial charge in [0.25, 0.3) is 10.0 Å². The highest BCUT2D eigenvalue weighted by Crippen LogP contribution is 2.15. The lowest BCUT2D eigenvalue weighted by atomic mass is 10.1. The second-order valence-corrected chi connectivity index (χ2v) is 6.40. The monoisotopic (exact) mass is 300 g/mol. The van der Waals surface area contributed by atoms with Gasteiger partial charge in [0.15, 0.2) is 0 Å². The van der Waals surface area contributed by atoms with Crippen LogP contribution >= 0.6 is 0 Å². The maximum Gasteiger partial charge on any atom is 0.328 e. The number of ether oxygens (including phenoxy) is 1. The van der Waals surface area contributed by atoms with Crippen molar-refractivity contribution in [2.45, 2.75) is 25.2 Å². The van der Waals surface area contributed by atoms with Gasteiger partial charge in [-0.3, -0.25) is 0 Å². The molecular formula is C13H20N2O4S. The van der Waals surface area contributed by atoms with Crippen molar-refractivity contribution >= 4 is 16.1 Å². The standard InChI is InChI=1S/C13H20N2O4S/c1-10(2)8-9-14-13(16)15-20(17,18)12-6-4-11(19-3)5-7-12/h4-7,10H,8-9H2,1-3H3,(H2,14,15,16). The van der Waals surface area contributed by atoms with E-state index in [0.717, 1.165) is 6.42 Å². The van der Waals surface area contributed by atoms with E-state index >= 15 is 0 Å². The summed E-state index contributed by atoms with van der Waals surface area (Å²) in [6, 6.07) is 5.07. The third-order valence-electron chi connectivity index (χ3n) is 2.60. The molecule has 1 aromatic carbocycles. The molecule has 0 saturated heterocycles. The largest absolute Gasteiger partial charge is 0.497 e. The first-order chi connectivity index (χ1) is 9.35. The van der Waals surface area contributed by atoms with Crippen molar-refractivity contribution in [1.29, 1.82) is 0 Å². The summed E-state index contributed by atoms with van der Waals surface area (Å²) in [7, 11) is -2.36. The molecule has 1 aromatic rings. The van der Waals surface area contributed by atoms with Crippen LogP contribution in [0.15, 0.2) is 29.2 Å². The summed E-state index contributed by atoms with van der Waals surface area (Å²) in [5.41, 5.74) is 0. The number of nitrogens with one attached hydrogen (secondary N) is 2. The number of carbonyl (C=O) groups excluding carboxylic acids is 1. The summed E-state index contributed by atoms with van der Waals surface area (Å²) in [5.74, 6) is 0.985. The normalized spacial score (nSPS) is 11.2. The topological polar surface area (TPSA) is 84.5 Å². The van der Waals surface area contributed by atoms with Crippen LogP contribution in [0.5, 0.6) is 5.75 Å². The first kappa shape index (κ1) is 16.3. The number of amides is 2. The molecule has 0 heterocycles. The predicted octanol–water partition coefficient (Wildman–Crippen LogP) is 1.73. The summed E-state index contributed by atoms with van der Waals surface area (Å²) < 4.78 is 30.8. The molecule has 0 aliphatic heterocycles. The second-order valence-electron chi connectivity index (χ2n) is 4.72. The predicted molar refractivity (Wildman–Crippen MR) is 76.2 cm³/mol. The zero-order chi connectivity index (χ0) is 15.2. The average Bonchev–Trinajstić information content (AvgIpc) is 2.37. The van der Waals surface area contributed by atoms with Gasteiger partial charge in [0.1, 0.15) is 5.75 Å². The molecule has 0 spiro atoms. The maximum absolute atomic E-state index is 11.9. The first-order valence-corrected chi connectivity index (χ1v) is 7.78. The lowest BCUT2D eigenvalue weighted by Crippen LogP contribution is -2.40. The highest BCUT2D eigenvalue weighted by Gasteiger charge is 2.17. The quantitative estimate of drug-likeness (QED) is 0.838. The van der Waals surface area contributed by atoms with Gasteiger partial charge in [0.05, 0.1) is 12.0 Å². The van der Waals surface area contributed by atoms with Crippen LogP contribution in [0.4, 0.5) is 4.79 Å². The van der Waals surface area contributed by atoms with Gasteiger partial charge in [0.2, 0.25) is 0 Å². The molecule has 7 heteroatoms. The van der Waals surface area contributed by atoms with Crippen molar-refractivity contribution in [3.63, 3.8) is 0 Å². The van der Waals surface area contributed by atoms with Gasteiger partial charge in [0, 0.05) is 6.54 Å². The van der Waals surface area contributed by atoms with Crippen molar-refractivity contribution in [1.82, 2.24) is 10.0 Å². The van der Waals surface area contributed by atoms with E-state index in [2.05, 4.69) is 5.32 Å². The molecule has 0 unspecified atom stereocenters. The number of hydrogen-bond acceptors (Lipinski definition) is 4. The lowest BCUT2D eigenvalue weighted by molar-refractivity contribution is 0.245. The first-order valence-electron chi connectivity index (χ1n) is 6.30. The molecule has 0 atom stereocenters. The van der Waals surface area contributed by atoms with Gasteiger partial charge in [-0.05, 0) is 36.6 Å². The second kappa shape index (κ2) is 7.14. The van der Waals surface area contributed by atoms with E-state index in [1.165, 1.54) is 31.4 Å². The van der Waals surface area contributed by atoms with Gasteiger partial charge >= 0.3 is 6.03 Å². The number of methoxy groups -OCH3 is 1. The number of carbonyl (C=O) groups is 1. The molecule has 6 nitrogen and oxygen atoms in total. The SMILES string of the molecule is COc1ccc(S(=O)(=O)NC(=O)NCCC(C)C)cc1. The fourth-order valence-electron chi connectivity index (χ4n) is 1.45. The lowest BCUT2D eigenvalue weighted by Gasteiger charge is -2.10. The van der Waals surface area contributed by atoms with Crippen LogP contribution in [0.1, 0.15) is 20.3 Å². The van der Waals surface area contributed by atoms with Gasteiger partial charge in [-0.2, -0.15) is 0 Å². The summed E-state index contributed by atoms with van der Waals surface area (Å²) in [4.78, 5) is 11.5. The summed E-state index contributed by atoms with van der Waals surface area (Å²) in [6.07, 6.45) is 0.788. The van der Waals surface area contributed by atoms with Crippen LogP contribution in [0.25, 0.3) is 0 Å². The van der Waals surface area contributed by atoms with E-state index in [1.54, 1.807) is 0 Å². The van der Waals surface area contributed by atoms with Crippen LogP contribution in [-0.2, 0) is 10.0 Å². The minimum Gasteiger partial charge on any atom is -0.497 e. The summed E-state index contributed by atoms with van der Waals surface area (Å²) >= 11 is 0. The molecule has 20 heavy (non-hydrogen) atoms. The molecule has 0 saturated carbocycles. The molecule has 0 aliphatic rings. The van der Waals surface area contributed by atoms with Crippen molar-refractivity contribution in [2.24, 2.45) is 5.92 Å². The number of rotatable bonds is 6. The van der Waals surface area contributed by atoms with Crippen LogP contribution in [0.3, 0.4) is 0 Å². The van der Waals surface area contributed by atoms with E-state index < -0.39 is 16.1 Å². The van der Waals surface area contributed by atoms with Gasteiger partial charge in [-0.1, -0.05) is 13.8 Å². The Morgan fingerprint density at radius 2 is 1.85 bits per heavy atom. The summed E-state index contributed by atoms with van der Waals surface area (Å²) in [5, 5.41) is 2.51. The van der Waals surface area contributed by atoms with Crippen molar-refractivity contribution in [3.05, 3.63) is 24.3 Å². The van der Waals surface area contributed by atoms with Gasteiger partial charge in [-0.15, -0.1) is 0 Å². The Hall–Kier alpha value is -1.76.